The smallest absolute Gasteiger partial charge is 0.402 e. The number of hydrogen-bond donors (Lipinski definition) is 2. The normalized spacial score (nSPS) is 12.6. The predicted molar refractivity (Wildman–Crippen MR) is 97.4 cm³/mol. The Bertz CT molecular complexity index is 989. The maximum absolute atomic E-state index is 12.6. The summed E-state index contributed by atoms with van der Waals surface area (Å²) in [5, 5.41) is 10.7. The van der Waals surface area contributed by atoms with Crippen molar-refractivity contribution in [2.75, 3.05) is 17.6 Å². The van der Waals surface area contributed by atoms with E-state index in [0.717, 1.165) is 16.5 Å². The molecule has 9 heteroatoms. The second-order valence-corrected chi connectivity index (χ2v) is 7.41. The molecule has 0 unspecified atom stereocenters. The Kier molecular flexibility index (Phi) is 4.49. The zero-order valence-electron chi connectivity index (χ0n) is 15.4. The molecule has 0 amide bonds. The van der Waals surface area contributed by atoms with Gasteiger partial charge < -0.3 is 15.5 Å². The SMILES string of the molecule is Cc1cc(-c2nnc(N)o2)nc2c(C(C)(C)C)cc(NCC(F)(F)F)cc12. The lowest BCUT2D eigenvalue weighted by Gasteiger charge is -2.23. The van der Waals surface area contributed by atoms with Crippen LogP contribution in [0.15, 0.2) is 22.6 Å². The number of benzene rings is 1. The zero-order valence-corrected chi connectivity index (χ0v) is 15.4. The second kappa shape index (κ2) is 6.40. The van der Waals surface area contributed by atoms with Crippen LogP contribution in [0.25, 0.3) is 22.5 Å². The Morgan fingerprint density at radius 1 is 1.11 bits per heavy atom. The first-order chi connectivity index (χ1) is 12.4. The molecule has 0 fully saturated rings. The minimum Gasteiger partial charge on any atom is -0.402 e. The van der Waals surface area contributed by atoms with E-state index in [1.54, 1.807) is 18.2 Å². The van der Waals surface area contributed by atoms with Crippen LogP contribution in [0, 0.1) is 6.92 Å². The molecule has 0 aliphatic heterocycles. The van der Waals surface area contributed by atoms with Crippen LogP contribution in [0.5, 0.6) is 0 Å². The molecule has 6 nitrogen and oxygen atoms in total. The van der Waals surface area contributed by atoms with Crippen molar-refractivity contribution in [3.63, 3.8) is 0 Å². The number of nitrogens with one attached hydrogen (secondary N) is 1. The molecule has 0 saturated heterocycles. The van der Waals surface area contributed by atoms with E-state index in [0.29, 0.717) is 16.9 Å². The highest BCUT2D eigenvalue weighted by Gasteiger charge is 2.27. The number of aromatic nitrogens is 3. The van der Waals surface area contributed by atoms with Gasteiger partial charge in [0.2, 0.25) is 0 Å². The van der Waals surface area contributed by atoms with E-state index in [1.165, 1.54) is 0 Å². The number of nitrogens with zero attached hydrogens (tertiary/aromatic N) is 3. The summed E-state index contributed by atoms with van der Waals surface area (Å²) in [7, 11) is 0. The van der Waals surface area contributed by atoms with Gasteiger partial charge in [-0.05, 0) is 41.7 Å². The molecule has 2 heterocycles. The van der Waals surface area contributed by atoms with Crippen molar-refractivity contribution in [1.29, 1.82) is 0 Å². The van der Waals surface area contributed by atoms with E-state index in [-0.39, 0.29) is 17.3 Å². The fraction of sp³-hybridized carbons (Fsp3) is 0.389. The van der Waals surface area contributed by atoms with Crippen LogP contribution >= 0.6 is 0 Å². The van der Waals surface area contributed by atoms with Gasteiger partial charge in [-0.3, -0.25) is 0 Å². The first-order valence-electron chi connectivity index (χ1n) is 8.30. The number of halogens is 3. The number of rotatable bonds is 3. The van der Waals surface area contributed by atoms with E-state index in [1.807, 2.05) is 27.7 Å². The lowest BCUT2D eigenvalue weighted by Crippen LogP contribution is -2.22. The summed E-state index contributed by atoms with van der Waals surface area (Å²) in [4.78, 5) is 4.63. The lowest BCUT2D eigenvalue weighted by atomic mass is 9.84. The molecule has 0 aliphatic carbocycles. The second-order valence-electron chi connectivity index (χ2n) is 7.41. The molecule has 0 aliphatic rings. The lowest BCUT2D eigenvalue weighted by molar-refractivity contribution is -0.115. The summed E-state index contributed by atoms with van der Waals surface area (Å²) < 4.78 is 43.1. The van der Waals surface area contributed by atoms with Crippen LogP contribution in [0.3, 0.4) is 0 Å². The van der Waals surface area contributed by atoms with Gasteiger partial charge in [-0.1, -0.05) is 25.9 Å². The maximum Gasteiger partial charge on any atom is 0.405 e. The third-order valence-electron chi connectivity index (χ3n) is 4.08. The van der Waals surface area contributed by atoms with Crippen LogP contribution in [-0.4, -0.2) is 27.9 Å². The molecule has 0 spiro atoms. The summed E-state index contributed by atoms with van der Waals surface area (Å²) in [6, 6.07) is 5.05. The van der Waals surface area contributed by atoms with Gasteiger partial charge in [0.15, 0.2) is 0 Å². The Hall–Kier alpha value is -2.84. The van der Waals surface area contributed by atoms with Gasteiger partial charge in [-0.15, -0.1) is 5.10 Å². The summed E-state index contributed by atoms with van der Waals surface area (Å²) >= 11 is 0. The molecular formula is C18H20F3N5O. The number of anilines is 2. The number of aryl methyl sites for hydroxylation is 1. The van der Waals surface area contributed by atoms with Crippen molar-refractivity contribution in [3.8, 4) is 11.6 Å². The molecule has 0 atom stereocenters. The van der Waals surface area contributed by atoms with Crippen molar-refractivity contribution in [3.05, 3.63) is 29.3 Å². The minimum atomic E-state index is -4.30. The Balaban J connectivity index is 2.19. The summed E-state index contributed by atoms with van der Waals surface area (Å²) in [5.74, 6) is 0.191. The minimum absolute atomic E-state index is 0.0627. The molecule has 27 heavy (non-hydrogen) atoms. The average molecular weight is 379 g/mol. The maximum atomic E-state index is 12.6. The van der Waals surface area contributed by atoms with Gasteiger partial charge in [0.25, 0.3) is 5.89 Å². The van der Waals surface area contributed by atoms with Crippen LogP contribution in [0.1, 0.15) is 31.9 Å². The first kappa shape index (κ1) is 18.9. The van der Waals surface area contributed by atoms with E-state index in [2.05, 4.69) is 20.5 Å². The third-order valence-corrected chi connectivity index (χ3v) is 4.08. The van der Waals surface area contributed by atoms with Crippen LogP contribution in [-0.2, 0) is 5.41 Å². The number of nitrogen functional groups attached to an aromatic ring is 1. The number of nitrogens with two attached hydrogens (primary N) is 1. The number of hydrogen-bond acceptors (Lipinski definition) is 6. The van der Waals surface area contributed by atoms with Gasteiger partial charge in [0.05, 0.1) is 5.52 Å². The highest BCUT2D eigenvalue weighted by atomic mass is 19.4. The Labute approximate surface area is 154 Å². The summed E-state index contributed by atoms with van der Waals surface area (Å²) in [6.07, 6.45) is -4.30. The number of pyridine rings is 1. The Morgan fingerprint density at radius 3 is 2.37 bits per heavy atom. The summed E-state index contributed by atoms with van der Waals surface area (Å²) in [5.41, 5.74) is 8.30. The van der Waals surface area contributed by atoms with Gasteiger partial charge in [-0.25, -0.2) is 4.98 Å². The highest BCUT2D eigenvalue weighted by Crippen LogP contribution is 2.35. The molecule has 1 aromatic carbocycles. The highest BCUT2D eigenvalue weighted by molar-refractivity contribution is 5.90. The summed E-state index contributed by atoms with van der Waals surface area (Å²) in [6.45, 7) is 6.68. The molecule has 3 rings (SSSR count). The molecule has 3 aromatic rings. The van der Waals surface area contributed by atoms with Crippen LogP contribution in [0.4, 0.5) is 24.9 Å². The molecule has 0 saturated carbocycles. The van der Waals surface area contributed by atoms with Crippen LogP contribution in [0.2, 0.25) is 0 Å². The molecule has 144 valence electrons. The van der Waals surface area contributed by atoms with Gasteiger partial charge in [-0.2, -0.15) is 13.2 Å². The molecule has 3 N–H and O–H groups in total. The first-order valence-corrected chi connectivity index (χ1v) is 8.30. The number of fused-ring (bicyclic) bond motifs is 1. The van der Waals surface area contributed by atoms with E-state index >= 15 is 0 Å². The quantitative estimate of drug-likeness (QED) is 0.699. The van der Waals surface area contributed by atoms with Crippen molar-refractivity contribution in [1.82, 2.24) is 15.2 Å². The molecule has 0 bridgehead atoms. The van der Waals surface area contributed by atoms with E-state index < -0.39 is 12.7 Å². The van der Waals surface area contributed by atoms with Crippen LogP contribution < -0.4 is 11.1 Å². The van der Waals surface area contributed by atoms with E-state index in [9.17, 15) is 13.2 Å². The standard InChI is InChI=1S/C18H20F3N5O/c1-9-5-13(15-25-26-16(22)27-15)24-14-11(9)6-10(23-8-18(19,20)21)7-12(14)17(2,3)4/h5-7,23H,8H2,1-4H3,(H2,22,26). The van der Waals surface area contributed by atoms with Gasteiger partial charge in [0, 0.05) is 11.1 Å². The monoisotopic (exact) mass is 379 g/mol. The van der Waals surface area contributed by atoms with E-state index in [4.69, 9.17) is 10.2 Å². The topological polar surface area (TPSA) is 89.9 Å². The van der Waals surface area contributed by atoms with Gasteiger partial charge in [0.1, 0.15) is 12.2 Å². The van der Waals surface area contributed by atoms with Crippen molar-refractivity contribution in [2.45, 2.75) is 39.3 Å². The van der Waals surface area contributed by atoms with Gasteiger partial charge >= 0.3 is 12.2 Å². The average Bonchev–Trinajstić information content (AvgIpc) is 2.97. The van der Waals surface area contributed by atoms with Crippen molar-refractivity contribution >= 4 is 22.6 Å². The largest absolute Gasteiger partial charge is 0.405 e. The predicted octanol–water partition coefficient (Wildman–Crippen LogP) is 4.45. The fourth-order valence-electron chi connectivity index (χ4n) is 2.81. The molecular weight excluding hydrogens is 359 g/mol. The third kappa shape index (κ3) is 4.12. The zero-order chi connectivity index (χ0) is 20.0. The molecule has 0 radical (unpaired) electrons. The molecule has 2 aromatic heterocycles. The fourth-order valence-corrected chi connectivity index (χ4v) is 2.81. The van der Waals surface area contributed by atoms with Crippen molar-refractivity contribution in [2.24, 2.45) is 0 Å². The number of alkyl halides is 3. The Morgan fingerprint density at radius 2 is 1.81 bits per heavy atom. The van der Waals surface area contributed by atoms with Crippen molar-refractivity contribution < 1.29 is 17.6 Å².